The lowest BCUT2D eigenvalue weighted by Crippen LogP contribution is -2.02. The lowest BCUT2D eigenvalue weighted by molar-refractivity contribution is 0.111. The number of rotatable bonds is 4. The Morgan fingerprint density at radius 2 is 1.88 bits per heavy atom. The van der Waals surface area contributed by atoms with E-state index in [1.54, 1.807) is 7.11 Å². The predicted octanol–water partition coefficient (Wildman–Crippen LogP) is 2.91. The number of hydrogen-bond acceptors (Lipinski definition) is 2. The maximum atomic E-state index is 10.1. The largest absolute Gasteiger partial charge is 0.388 e. The van der Waals surface area contributed by atoms with Gasteiger partial charge in [0, 0.05) is 20.1 Å². The molecule has 0 spiro atoms. The molecule has 2 nitrogen and oxygen atoms in total. The molecule has 0 amide bonds. The summed E-state index contributed by atoms with van der Waals surface area (Å²) in [5.74, 6) is 0. The average molecular weight is 216 g/mol. The van der Waals surface area contributed by atoms with Crippen LogP contribution in [0.15, 0.2) is 42.5 Å². The molecule has 0 aliphatic carbocycles. The molecule has 1 N–H and O–H groups in total. The Kier molecular flexibility index (Phi) is 3.54. The Balaban J connectivity index is 2.36. The van der Waals surface area contributed by atoms with Crippen molar-refractivity contribution < 1.29 is 9.84 Å². The van der Waals surface area contributed by atoms with Crippen molar-refractivity contribution in [3.05, 3.63) is 48.0 Å². The van der Waals surface area contributed by atoms with E-state index in [1.807, 2.05) is 30.3 Å². The van der Waals surface area contributed by atoms with Crippen LogP contribution in [-0.2, 0) is 4.74 Å². The van der Waals surface area contributed by atoms with E-state index in [9.17, 15) is 5.11 Å². The van der Waals surface area contributed by atoms with Gasteiger partial charge in [-0.2, -0.15) is 0 Å². The Hall–Kier alpha value is -1.38. The number of aliphatic hydroxyl groups excluding tert-OH is 1. The van der Waals surface area contributed by atoms with E-state index >= 15 is 0 Å². The van der Waals surface area contributed by atoms with Crippen LogP contribution in [0.25, 0.3) is 10.8 Å². The van der Waals surface area contributed by atoms with Crippen LogP contribution < -0.4 is 0 Å². The minimum Gasteiger partial charge on any atom is -0.388 e. The van der Waals surface area contributed by atoms with E-state index in [0.29, 0.717) is 13.0 Å². The van der Waals surface area contributed by atoms with Gasteiger partial charge in [0.05, 0.1) is 6.10 Å². The van der Waals surface area contributed by atoms with Gasteiger partial charge in [-0.1, -0.05) is 42.5 Å². The molecule has 0 heterocycles. The first-order valence-electron chi connectivity index (χ1n) is 5.47. The number of fused-ring (bicyclic) bond motifs is 1. The molecule has 0 aliphatic rings. The van der Waals surface area contributed by atoms with E-state index in [2.05, 4.69) is 12.1 Å². The highest BCUT2D eigenvalue weighted by atomic mass is 16.5. The maximum absolute atomic E-state index is 10.1. The molecular formula is C14H16O2. The Morgan fingerprint density at radius 1 is 1.12 bits per heavy atom. The van der Waals surface area contributed by atoms with Crippen molar-refractivity contribution in [2.75, 3.05) is 13.7 Å². The highest BCUT2D eigenvalue weighted by Crippen LogP contribution is 2.25. The van der Waals surface area contributed by atoms with E-state index in [0.717, 1.165) is 16.3 Å². The van der Waals surface area contributed by atoms with Gasteiger partial charge in [-0.25, -0.2) is 0 Å². The number of aliphatic hydroxyl groups is 1. The van der Waals surface area contributed by atoms with Crippen LogP contribution in [0.3, 0.4) is 0 Å². The third-order valence-corrected chi connectivity index (χ3v) is 2.78. The summed E-state index contributed by atoms with van der Waals surface area (Å²) >= 11 is 0. The van der Waals surface area contributed by atoms with Gasteiger partial charge in [0.2, 0.25) is 0 Å². The molecule has 0 saturated carbocycles. The monoisotopic (exact) mass is 216 g/mol. The summed E-state index contributed by atoms with van der Waals surface area (Å²) in [6, 6.07) is 14.1. The second kappa shape index (κ2) is 5.10. The van der Waals surface area contributed by atoms with Gasteiger partial charge < -0.3 is 9.84 Å². The molecule has 0 radical (unpaired) electrons. The van der Waals surface area contributed by atoms with Crippen molar-refractivity contribution in [2.45, 2.75) is 12.5 Å². The van der Waals surface area contributed by atoms with E-state index in [4.69, 9.17) is 4.74 Å². The van der Waals surface area contributed by atoms with Crippen molar-refractivity contribution in [1.82, 2.24) is 0 Å². The third kappa shape index (κ3) is 2.23. The van der Waals surface area contributed by atoms with Crippen LogP contribution in [0.2, 0.25) is 0 Å². The molecule has 0 aromatic heterocycles. The first kappa shape index (κ1) is 11.1. The molecule has 0 fully saturated rings. The topological polar surface area (TPSA) is 29.5 Å². The summed E-state index contributed by atoms with van der Waals surface area (Å²) in [5.41, 5.74) is 0.982. The normalized spacial score (nSPS) is 12.9. The second-order valence-corrected chi connectivity index (χ2v) is 3.87. The fourth-order valence-corrected chi connectivity index (χ4v) is 1.93. The molecule has 1 atom stereocenters. The lowest BCUT2D eigenvalue weighted by atomic mass is 9.99. The zero-order valence-corrected chi connectivity index (χ0v) is 9.39. The fraction of sp³-hybridized carbons (Fsp3) is 0.286. The molecule has 0 saturated heterocycles. The smallest absolute Gasteiger partial charge is 0.0818 e. The van der Waals surface area contributed by atoms with Gasteiger partial charge in [-0.3, -0.25) is 0 Å². The Labute approximate surface area is 95.5 Å². The van der Waals surface area contributed by atoms with E-state index in [-0.39, 0.29) is 0 Å². The Bertz CT molecular complexity index is 460. The standard InChI is InChI=1S/C14H16O2/c1-16-10-9-14(15)13-8-4-6-11-5-2-3-7-12(11)13/h2-8,14-15H,9-10H2,1H3. The van der Waals surface area contributed by atoms with E-state index in [1.165, 1.54) is 0 Å². The lowest BCUT2D eigenvalue weighted by Gasteiger charge is -2.13. The second-order valence-electron chi connectivity index (χ2n) is 3.87. The van der Waals surface area contributed by atoms with Gasteiger partial charge in [0.15, 0.2) is 0 Å². The molecule has 0 aliphatic heterocycles. The highest BCUT2D eigenvalue weighted by Gasteiger charge is 2.10. The SMILES string of the molecule is COCCC(O)c1cccc2ccccc12. The van der Waals surface area contributed by atoms with Gasteiger partial charge >= 0.3 is 0 Å². The highest BCUT2D eigenvalue weighted by molar-refractivity contribution is 5.85. The third-order valence-electron chi connectivity index (χ3n) is 2.78. The predicted molar refractivity (Wildman–Crippen MR) is 65.4 cm³/mol. The molecule has 2 rings (SSSR count). The maximum Gasteiger partial charge on any atom is 0.0818 e. The van der Waals surface area contributed by atoms with Crippen LogP contribution in [0.5, 0.6) is 0 Å². The van der Waals surface area contributed by atoms with Crippen LogP contribution in [0.1, 0.15) is 18.1 Å². The number of benzene rings is 2. The minimum absolute atomic E-state index is 0.453. The van der Waals surface area contributed by atoms with Crippen molar-refractivity contribution in [3.8, 4) is 0 Å². The summed E-state index contributed by atoms with van der Waals surface area (Å²) in [4.78, 5) is 0. The average Bonchev–Trinajstić information content (AvgIpc) is 2.35. The molecule has 1 unspecified atom stereocenters. The molecular weight excluding hydrogens is 200 g/mol. The molecule has 84 valence electrons. The van der Waals surface area contributed by atoms with Crippen LogP contribution >= 0.6 is 0 Å². The zero-order chi connectivity index (χ0) is 11.4. The first-order chi connectivity index (χ1) is 7.83. The molecule has 2 aromatic carbocycles. The molecule has 0 bridgehead atoms. The van der Waals surface area contributed by atoms with Gasteiger partial charge in [-0.05, 0) is 16.3 Å². The first-order valence-corrected chi connectivity index (χ1v) is 5.47. The number of methoxy groups -OCH3 is 1. The van der Waals surface area contributed by atoms with Crippen molar-refractivity contribution in [2.24, 2.45) is 0 Å². The zero-order valence-electron chi connectivity index (χ0n) is 9.39. The van der Waals surface area contributed by atoms with Crippen LogP contribution in [0, 0.1) is 0 Å². The minimum atomic E-state index is -0.453. The van der Waals surface area contributed by atoms with E-state index < -0.39 is 6.10 Å². The molecule has 2 aromatic rings. The number of hydrogen-bond donors (Lipinski definition) is 1. The summed E-state index contributed by atoms with van der Waals surface area (Å²) in [5, 5.41) is 12.4. The van der Waals surface area contributed by atoms with Crippen LogP contribution in [0.4, 0.5) is 0 Å². The summed E-state index contributed by atoms with van der Waals surface area (Å²) in [6.45, 7) is 0.574. The van der Waals surface area contributed by atoms with Crippen molar-refractivity contribution in [1.29, 1.82) is 0 Å². The van der Waals surface area contributed by atoms with Gasteiger partial charge in [-0.15, -0.1) is 0 Å². The van der Waals surface area contributed by atoms with Crippen LogP contribution in [-0.4, -0.2) is 18.8 Å². The molecule has 16 heavy (non-hydrogen) atoms. The molecule has 2 heteroatoms. The summed E-state index contributed by atoms with van der Waals surface area (Å²) in [7, 11) is 1.65. The number of ether oxygens (including phenoxy) is 1. The Morgan fingerprint density at radius 3 is 2.69 bits per heavy atom. The van der Waals surface area contributed by atoms with Crippen molar-refractivity contribution >= 4 is 10.8 Å². The van der Waals surface area contributed by atoms with Gasteiger partial charge in [0.25, 0.3) is 0 Å². The summed E-state index contributed by atoms with van der Waals surface area (Å²) < 4.78 is 4.99. The summed E-state index contributed by atoms with van der Waals surface area (Å²) in [6.07, 6.45) is 0.177. The fourth-order valence-electron chi connectivity index (χ4n) is 1.93. The quantitative estimate of drug-likeness (QED) is 0.851. The van der Waals surface area contributed by atoms with Gasteiger partial charge in [0.1, 0.15) is 0 Å². The van der Waals surface area contributed by atoms with Crippen molar-refractivity contribution in [3.63, 3.8) is 0 Å².